The molecule has 2 aliphatic heterocycles. The summed E-state index contributed by atoms with van der Waals surface area (Å²) < 4.78 is 38.8. The molecule has 0 spiro atoms. The summed E-state index contributed by atoms with van der Waals surface area (Å²) in [4.78, 5) is 23.0. The zero-order valence-electron chi connectivity index (χ0n) is 17.9. The maximum Gasteiger partial charge on any atom is 0.305 e. The highest BCUT2D eigenvalue weighted by Crippen LogP contribution is 2.30. The van der Waals surface area contributed by atoms with Crippen molar-refractivity contribution in [3.05, 3.63) is 0 Å². The smallest absolute Gasteiger partial charge is 0.305 e. The standard InChI is InChI=1S/C20H34O9/c1-5-24-17(21)7-9-19(3)26-13-15(28-19)11-23-12-16-14-27-20(4,29-16)10-8-18(22)25-6-2/h15-16H,5-14H2,1-4H3. The number of esters is 2. The summed E-state index contributed by atoms with van der Waals surface area (Å²) in [5.74, 6) is -2.13. The number of rotatable bonds is 12. The molecular weight excluding hydrogens is 384 g/mol. The van der Waals surface area contributed by atoms with Gasteiger partial charge >= 0.3 is 11.9 Å². The van der Waals surface area contributed by atoms with Gasteiger partial charge < -0.3 is 33.2 Å². The monoisotopic (exact) mass is 418 g/mol. The minimum absolute atomic E-state index is 0.209. The molecule has 2 rings (SSSR count). The van der Waals surface area contributed by atoms with Crippen molar-refractivity contribution in [2.24, 2.45) is 0 Å². The third-order valence-corrected chi connectivity index (χ3v) is 4.77. The van der Waals surface area contributed by atoms with E-state index in [1.807, 2.05) is 13.8 Å². The lowest BCUT2D eigenvalue weighted by Crippen LogP contribution is -2.31. The van der Waals surface area contributed by atoms with Crippen LogP contribution in [0.15, 0.2) is 0 Å². The van der Waals surface area contributed by atoms with Gasteiger partial charge in [-0.2, -0.15) is 0 Å². The summed E-state index contributed by atoms with van der Waals surface area (Å²) in [5, 5.41) is 0. The molecule has 2 fully saturated rings. The average molecular weight is 418 g/mol. The second kappa shape index (κ2) is 11.2. The Kier molecular flexibility index (Phi) is 9.29. The van der Waals surface area contributed by atoms with Gasteiger partial charge in [-0.1, -0.05) is 0 Å². The van der Waals surface area contributed by atoms with Crippen LogP contribution < -0.4 is 0 Å². The average Bonchev–Trinajstić information content (AvgIpc) is 3.23. The lowest BCUT2D eigenvalue weighted by molar-refractivity contribution is -0.178. The number of hydrogen-bond acceptors (Lipinski definition) is 9. The second-order valence-electron chi connectivity index (χ2n) is 7.52. The molecule has 29 heavy (non-hydrogen) atoms. The molecule has 9 nitrogen and oxygen atoms in total. The number of carbonyl (C=O) groups excluding carboxylic acids is 2. The van der Waals surface area contributed by atoms with E-state index in [4.69, 9.17) is 33.2 Å². The highest BCUT2D eigenvalue weighted by atomic mass is 16.8. The molecule has 0 saturated carbocycles. The summed E-state index contributed by atoms with van der Waals surface area (Å²) >= 11 is 0. The Morgan fingerprint density at radius 2 is 1.24 bits per heavy atom. The van der Waals surface area contributed by atoms with Gasteiger partial charge in [0, 0.05) is 12.8 Å². The molecule has 0 N–H and O–H groups in total. The highest BCUT2D eigenvalue weighted by Gasteiger charge is 2.39. The molecule has 2 saturated heterocycles. The predicted molar refractivity (Wildman–Crippen MR) is 101 cm³/mol. The summed E-state index contributed by atoms with van der Waals surface area (Å²) in [6.45, 7) is 9.42. The van der Waals surface area contributed by atoms with E-state index in [0.717, 1.165) is 0 Å². The first-order valence-corrected chi connectivity index (χ1v) is 10.3. The van der Waals surface area contributed by atoms with Crippen molar-refractivity contribution in [2.45, 2.75) is 77.2 Å². The third-order valence-electron chi connectivity index (χ3n) is 4.77. The van der Waals surface area contributed by atoms with Crippen LogP contribution in [-0.4, -0.2) is 75.4 Å². The van der Waals surface area contributed by atoms with Gasteiger partial charge in [-0.25, -0.2) is 0 Å². The van der Waals surface area contributed by atoms with Crippen molar-refractivity contribution in [3.8, 4) is 0 Å². The number of ether oxygens (including phenoxy) is 7. The van der Waals surface area contributed by atoms with Crippen LogP contribution in [0.25, 0.3) is 0 Å². The highest BCUT2D eigenvalue weighted by molar-refractivity contribution is 5.69. The minimum atomic E-state index is -0.806. The van der Waals surface area contributed by atoms with Gasteiger partial charge in [0.1, 0.15) is 12.2 Å². The van der Waals surface area contributed by atoms with Crippen molar-refractivity contribution in [1.29, 1.82) is 0 Å². The van der Waals surface area contributed by atoms with E-state index >= 15 is 0 Å². The lowest BCUT2D eigenvalue weighted by Gasteiger charge is -2.23. The van der Waals surface area contributed by atoms with Gasteiger partial charge in [-0.3, -0.25) is 9.59 Å². The van der Waals surface area contributed by atoms with Crippen molar-refractivity contribution >= 4 is 11.9 Å². The van der Waals surface area contributed by atoms with E-state index < -0.39 is 11.6 Å². The van der Waals surface area contributed by atoms with E-state index in [1.54, 1.807) is 13.8 Å². The van der Waals surface area contributed by atoms with E-state index in [1.165, 1.54) is 0 Å². The predicted octanol–water partition coefficient (Wildman–Crippen LogP) is 1.95. The van der Waals surface area contributed by atoms with Crippen molar-refractivity contribution in [1.82, 2.24) is 0 Å². The molecular formula is C20H34O9. The first-order valence-electron chi connectivity index (χ1n) is 10.3. The van der Waals surface area contributed by atoms with Gasteiger partial charge in [0.05, 0.1) is 52.5 Å². The zero-order valence-corrected chi connectivity index (χ0v) is 17.9. The fourth-order valence-electron chi connectivity index (χ4n) is 3.26. The van der Waals surface area contributed by atoms with Crippen LogP contribution in [0.5, 0.6) is 0 Å². The van der Waals surface area contributed by atoms with E-state index in [-0.39, 0.29) is 37.0 Å². The Bertz CT molecular complexity index is 494. The molecule has 0 aromatic carbocycles. The molecule has 0 aromatic rings. The first-order chi connectivity index (χ1) is 13.8. The molecule has 0 bridgehead atoms. The molecule has 4 atom stereocenters. The molecule has 0 amide bonds. The maximum absolute atomic E-state index is 11.5. The quantitative estimate of drug-likeness (QED) is 0.440. The Morgan fingerprint density at radius 3 is 1.62 bits per heavy atom. The summed E-state index contributed by atoms with van der Waals surface area (Å²) in [7, 11) is 0. The second-order valence-corrected chi connectivity index (χ2v) is 7.52. The van der Waals surface area contributed by atoms with E-state index in [0.29, 0.717) is 52.5 Å². The van der Waals surface area contributed by atoms with Gasteiger partial charge in [0.15, 0.2) is 11.6 Å². The molecule has 2 heterocycles. The van der Waals surface area contributed by atoms with Gasteiger partial charge in [-0.05, 0) is 27.7 Å². The SMILES string of the molecule is CCOC(=O)CCC1(C)OCC(COCC2COC(C)(CCC(=O)OCC)O2)O1. The van der Waals surface area contributed by atoms with Crippen LogP contribution in [0, 0.1) is 0 Å². The van der Waals surface area contributed by atoms with Gasteiger partial charge in [0.2, 0.25) is 0 Å². The Morgan fingerprint density at radius 1 is 0.828 bits per heavy atom. The van der Waals surface area contributed by atoms with Crippen molar-refractivity contribution < 1.29 is 42.7 Å². The first kappa shape index (κ1) is 24.0. The van der Waals surface area contributed by atoms with Crippen LogP contribution in [0.1, 0.15) is 53.4 Å². The van der Waals surface area contributed by atoms with E-state index in [2.05, 4.69) is 0 Å². The van der Waals surface area contributed by atoms with E-state index in [9.17, 15) is 9.59 Å². The molecule has 0 aromatic heterocycles. The largest absolute Gasteiger partial charge is 0.466 e. The van der Waals surface area contributed by atoms with Crippen LogP contribution in [0.4, 0.5) is 0 Å². The Balaban J connectivity index is 1.62. The maximum atomic E-state index is 11.5. The topological polar surface area (TPSA) is 98.8 Å². The van der Waals surface area contributed by atoms with Crippen LogP contribution in [0.3, 0.4) is 0 Å². The Hall–Kier alpha value is -1.26. The zero-order chi connectivity index (χ0) is 21.3. The van der Waals surface area contributed by atoms with Gasteiger partial charge in [0.25, 0.3) is 0 Å². The molecule has 4 unspecified atom stereocenters. The van der Waals surface area contributed by atoms with Crippen molar-refractivity contribution in [2.75, 3.05) is 39.6 Å². The van der Waals surface area contributed by atoms with Gasteiger partial charge in [-0.15, -0.1) is 0 Å². The molecule has 0 aliphatic carbocycles. The molecule has 0 radical (unpaired) electrons. The number of hydrogen-bond donors (Lipinski definition) is 0. The summed E-state index contributed by atoms with van der Waals surface area (Å²) in [6, 6.07) is 0. The summed E-state index contributed by atoms with van der Waals surface area (Å²) in [6.07, 6.45) is 0.937. The molecule has 2 aliphatic rings. The van der Waals surface area contributed by atoms with Crippen LogP contribution in [-0.2, 0) is 42.7 Å². The fourth-order valence-corrected chi connectivity index (χ4v) is 3.26. The normalized spacial score (nSPS) is 31.7. The summed E-state index contributed by atoms with van der Waals surface area (Å²) in [5.41, 5.74) is 0. The van der Waals surface area contributed by atoms with Crippen molar-refractivity contribution in [3.63, 3.8) is 0 Å². The Labute approximate surface area is 172 Å². The third kappa shape index (κ3) is 8.18. The molecule has 168 valence electrons. The minimum Gasteiger partial charge on any atom is -0.466 e. The lowest BCUT2D eigenvalue weighted by atomic mass is 10.2. The molecule has 9 heteroatoms. The van der Waals surface area contributed by atoms with Crippen LogP contribution in [0.2, 0.25) is 0 Å². The van der Waals surface area contributed by atoms with Crippen LogP contribution >= 0.6 is 0 Å². The number of carbonyl (C=O) groups is 2. The fraction of sp³-hybridized carbons (Fsp3) is 0.900.